The third kappa shape index (κ3) is 13.8. The number of unbranched alkanes of at least 4 members (excludes halogenated alkanes) is 2. The summed E-state index contributed by atoms with van der Waals surface area (Å²) in [4.78, 5) is 26.3. The Morgan fingerprint density at radius 3 is 1.19 bits per heavy atom. The molecule has 0 saturated heterocycles. The van der Waals surface area contributed by atoms with Gasteiger partial charge >= 0.3 is 11.9 Å². The Balaban J connectivity index is 1.03. The highest BCUT2D eigenvalue weighted by molar-refractivity contribution is 6.08. The molecule has 2 N–H and O–H groups in total. The standard InChI is InChI=1S/C92H82O5/c1-7-12-53-91(6,11-5)75-58-72(57-74(59-75)90(95)96)80-61-79(64-32-20-14-21-33-64)84(87(68-40-28-18-29-41-68)83(80)66-36-24-16-25-37-66)70-44-48-77(49-45-70)97-78-50-46-71(47-51-78)85-81(65-34-22-15-23-35-65)62-82(86(67-38-26-17-27-39-67)88(85)69-42-30-19-31-43-69)92(52-9-3,54-13-8-2)76-56-63(10-4)55-73(60-76)89(93)94/h4,14-51,55-62H,7-9,11-13,52-54H2,1-3,5-6H3,(H,93,94)(H,95,96). The molecule has 2 atom stereocenters. The van der Waals surface area contributed by atoms with Crippen LogP contribution in [0.1, 0.15) is 135 Å². The number of ether oxygens (including phenoxy) is 1. The molecule has 0 heterocycles. The molecule has 480 valence electrons. The van der Waals surface area contributed by atoms with Crippen molar-refractivity contribution in [1.29, 1.82) is 0 Å². The lowest BCUT2D eigenvalue weighted by atomic mass is 9.63. The van der Waals surface area contributed by atoms with Crippen LogP contribution in [-0.2, 0) is 10.8 Å². The Kier molecular flexibility index (Phi) is 20.2. The van der Waals surface area contributed by atoms with E-state index in [0.717, 1.165) is 175 Å². The number of aromatic carboxylic acids is 2. The second-order valence-corrected chi connectivity index (χ2v) is 25.8. The predicted octanol–water partition coefficient (Wildman–Crippen LogP) is 25.0. The highest BCUT2D eigenvalue weighted by Crippen LogP contribution is 2.56. The average molecular weight is 1270 g/mol. The van der Waals surface area contributed by atoms with Gasteiger partial charge in [-0.15, -0.1) is 6.42 Å². The largest absolute Gasteiger partial charge is 0.478 e. The molecule has 0 aliphatic heterocycles. The van der Waals surface area contributed by atoms with Gasteiger partial charge in [0.25, 0.3) is 0 Å². The summed E-state index contributed by atoms with van der Waals surface area (Å²) in [5, 5.41) is 21.5. The van der Waals surface area contributed by atoms with Crippen molar-refractivity contribution in [2.45, 2.75) is 103 Å². The van der Waals surface area contributed by atoms with Gasteiger partial charge in [-0.05, 0) is 215 Å². The van der Waals surface area contributed by atoms with Gasteiger partial charge in [0.2, 0.25) is 0 Å². The maximum absolute atomic E-state index is 13.3. The number of carboxylic acid groups (broad SMARTS) is 2. The highest BCUT2D eigenvalue weighted by atomic mass is 16.5. The zero-order chi connectivity index (χ0) is 67.5. The quantitative estimate of drug-likeness (QED) is 0.0557. The van der Waals surface area contributed by atoms with E-state index >= 15 is 0 Å². The van der Waals surface area contributed by atoms with Crippen molar-refractivity contribution >= 4 is 11.9 Å². The predicted molar refractivity (Wildman–Crippen MR) is 403 cm³/mol. The van der Waals surface area contributed by atoms with Crippen LogP contribution in [0, 0.1) is 12.3 Å². The van der Waals surface area contributed by atoms with Gasteiger partial charge in [0, 0.05) is 11.0 Å². The van der Waals surface area contributed by atoms with Crippen molar-refractivity contribution in [2.24, 2.45) is 0 Å². The summed E-state index contributed by atoms with van der Waals surface area (Å²) in [5.41, 5.74) is 21.6. The molecule has 5 nitrogen and oxygen atoms in total. The minimum atomic E-state index is -1.01. The van der Waals surface area contributed by atoms with E-state index in [1.807, 2.05) is 30.3 Å². The first-order valence-electron chi connectivity index (χ1n) is 34.3. The summed E-state index contributed by atoms with van der Waals surface area (Å²) in [6, 6.07) is 96.7. The van der Waals surface area contributed by atoms with E-state index in [1.165, 1.54) is 0 Å². The summed E-state index contributed by atoms with van der Waals surface area (Å²) in [7, 11) is 0. The summed E-state index contributed by atoms with van der Waals surface area (Å²) < 4.78 is 6.90. The summed E-state index contributed by atoms with van der Waals surface area (Å²) in [6.45, 7) is 11.1. The fraction of sp³-hybridized carbons (Fsp3) is 0.174. The van der Waals surface area contributed by atoms with Crippen molar-refractivity contribution in [3.8, 4) is 124 Å². The van der Waals surface area contributed by atoms with Gasteiger partial charge in [-0.25, -0.2) is 9.59 Å². The molecule has 12 rings (SSSR count). The zero-order valence-electron chi connectivity index (χ0n) is 56.1. The molecule has 0 aromatic heterocycles. The summed E-state index contributed by atoms with van der Waals surface area (Å²) in [6.07, 6.45) is 14.3. The number of benzene rings is 12. The third-order valence-corrected chi connectivity index (χ3v) is 19.7. The minimum absolute atomic E-state index is 0.178. The lowest BCUT2D eigenvalue weighted by molar-refractivity contribution is 0.0686. The van der Waals surface area contributed by atoms with Crippen molar-refractivity contribution in [2.75, 3.05) is 0 Å². The van der Waals surface area contributed by atoms with Crippen LogP contribution >= 0.6 is 0 Å². The van der Waals surface area contributed by atoms with Crippen LogP contribution in [0.3, 0.4) is 0 Å². The molecule has 0 fully saturated rings. The van der Waals surface area contributed by atoms with E-state index in [0.29, 0.717) is 17.1 Å². The molecule has 97 heavy (non-hydrogen) atoms. The molecular formula is C92H82O5. The summed E-state index contributed by atoms with van der Waals surface area (Å²) in [5.74, 6) is 2.20. The fourth-order valence-electron chi connectivity index (χ4n) is 14.6. The molecule has 0 amide bonds. The number of hydrogen-bond donors (Lipinski definition) is 2. The Hall–Kier alpha value is -11.1. The maximum Gasteiger partial charge on any atom is 0.335 e. The van der Waals surface area contributed by atoms with E-state index in [-0.39, 0.29) is 16.5 Å². The zero-order valence-corrected chi connectivity index (χ0v) is 56.1. The maximum atomic E-state index is 13.3. The molecule has 0 aliphatic carbocycles. The normalized spacial score (nSPS) is 12.5. The number of terminal acetylenes is 1. The molecule has 2 unspecified atom stereocenters. The Morgan fingerprint density at radius 2 is 0.753 bits per heavy atom. The van der Waals surface area contributed by atoms with Crippen LogP contribution in [-0.4, -0.2) is 22.2 Å². The fourth-order valence-corrected chi connectivity index (χ4v) is 14.6. The molecule has 12 aromatic carbocycles. The second kappa shape index (κ2) is 29.7. The third-order valence-electron chi connectivity index (χ3n) is 19.7. The van der Waals surface area contributed by atoms with Crippen LogP contribution in [0.2, 0.25) is 0 Å². The van der Waals surface area contributed by atoms with Gasteiger partial charge in [-0.2, -0.15) is 0 Å². The smallest absolute Gasteiger partial charge is 0.335 e. The lowest BCUT2D eigenvalue weighted by Gasteiger charge is -2.39. The van der Waals surface area contributed by atoms with Crippen LogP contribution < -0.4 is 4.74 Å². The summed E-state index contributed by atoms with van der Waals surface area (Å²) >= 11 is 0. The van der Waals surface area contributed by atoms with Crippen molar-refractivity contribution in [1.82, 2.24) is 0 Å². The second-order valence-electron chi connectivity index (χ2n) is 25.8. The average Bonchev–Trinajstić information content (AvgIpc) is 0.729. The number of carbonyl (C=O) groups is 2. The van der Waals surface area contributed by atoms with Crippen molar-refractivity contribution in [3.05, 3.63) is 312 Å². The molecule has 12 aromatic rings. The first-order valence-corrected chi connectivity index (χ1v) is 34.3. The first-order chi connectivity index (χ1) is 47.4. The Bertz CT molecular complexity index is 4770. The molecule has 0 spiro atoms. The minimum Gasteiger partial charge on any atom is -0.478 e. The number of rotatable bonds is 25. The molecule has 0 aliphatic rings. The number of carboxylic acids is 2. The Labute approximate surface area is 572 Å². The lowest BCUT2D eigenvalue weighted by Crippen LogP contribution is -2.30. The van der Waals surface area contributed by atoms with Gasteiger partial charge < -0.3 is 14.9 Å². The Morgan fingerprint density at radius 1 is 0.371 bits per heavy atom. The first kappa shape index (κ1) is 66.0. The van der Waals surface area contributed by atoms with Crippen molar-refractivity contribution in [3.63, 3.8) is 0 Å². The monoisotopic (exact) mass is 1270 g/mol. The van der Waals surface area contributed by atoms with Gasteiger partial charge in [0.1, 0.15) is 11.5 Å². The van der Waals surface area contributed by atoms with Gasteiger partial charge in [-0.3, -0.25) is 0 Å². The molecule has 0 radical (unpaired) electrons. The van der Waals surface area contributed by atoms with Crippen LogP contribution in [0.25, 0.3) is 100 Å². The van der Waals surface area contributed by atoms with Gasteiger partial charge in [0.15, 0.2) is 0 Å². The van der Waals surface area contributed by atoms with E-state index < -0.39 is 17.4 Å². The van der Waals surface area contributed by atoms with E-state index in [2.05, 4.69) is 283 Å². The van der Waals surface area contributed by atoms with Crippen LogP contribution in [0.4, 0.5) is 0 Å². The van der Waals surface area contributed by atoms with Crippen molar-refractivity contribution < 1.29 is 24.5 Å². The van der Waals surface area contributed by atoms with Crippen LogP contribution in [0.15, 0.2) is 279 Å². The van der Waals surface area contributed by atoms with E-state index in [4.69, 9.17) is 11.2 Å². The van der Waals surface area contributed by atoms with E-state index in [9.17, 15) is 19.8 Å². The van der Waals surface area contributed by atoms with Gasteiger partial charge in [-0.1, -0.05) is 285 Å². The molecule has 0 bridgehead atoms. The molecular weight excluding hydrogens is 1190 g/mol. The topological polar surface area (TPSA) is 83.8 Å². The highest BCUT2D eigenvalue weighted by Gasteiger charge is 2.39. The number of hydrogen-bond acceptors (Lipinski definition) is 3. The van der Waals surface area contributed by atoms with E-state index in [1.54, 1.807) is 6.07 Å². The van der Waals surface area contributed by atoms with Gasteiger partial charge in [0.05, 0.1) is 11.1 Å². The SMILES string of the molecule is C#Cc1cc(C(=O)O)cc(C(CCC)(CCCC)c2cc(-c3ccccc3)c(-c3ccc(Oc4ccc(-c5c(-c6ccccc6)cc(-c6cc(C(=O)O)cc(C(C)(CC)CCCC)c6)c(-c6ccccc6)c5-c5ccccc5)cc4)cc3)c(-c3ccccc3)c2-c2ccccc2)c1. The van der Waals surface area contributed by atoms with Crippen LogP contribution in [0.5, 0.6) is 11.5 Å². The molecule has 5 heteroatoms. The molecule has 0 saturated carbocycles.